The second-order valence-corrected chi connectivity index (χ2v) is 10.1. The Morgan fingerprint density at radius 1 is 0.868 bits per heavy atom. The summed E-state index contributed by atoms with van der Waals surface area (Å²) in [5, 5.41) is 7.64. The number of hydrogen-bond donors (Lipinski definition) is 2. The van der Waals surface area contributed by atoms with Gasteiger partial charge in [-0.2, -0.15) is 0 Å². The summed E-state index contributed by atoms with van der Waals surface area (Å²) in [5.74, 6) is -0.0131. The molecular formula is C32H32N4OS. The van der Waals surface area contributed by atoms with Crippen molar-refractivity contribution in [3.63, 3.8) is 0 Å². The highest BCUT2D eigenvalue weighted by Crippen LogP contribution is 2.29. The summed E-state index contributed by atoms with van der Waals surface area (Å²) >= 11 is 1.56. The molecule has 5 nitrogen and oxygen atoms in total. The number of carbonyl (C=O) groups excluding carboxylic acids is 1. The number of rotatable bonds is 10. The van der Waals surface area contributed by atoms with Gasteiger partial charge < -0.3 is 15.6 Å². The summed E-state index contributed by atoms with van der Waals surface area (Å²) in [5.41, 5.74) is 9.67. The van der Waals surface area contributed by atoms with Crippen LogP contribution in [-0.2, 0) is 11.2 Å². The summed E-state index contributed by atoms with van der Waals surface area (Å²) < 4.78 is 2.12. The van der Waals surface area contributed by atoms with Crippen molar-refractivity contribution >= 4 is 33.7 Å². The molecule has 0 aliphatic rings. The third kappa shape index (κ3) is 6.10. The van der Waals surface area contributed by atoms with E-state index in [1.807, 2.05) is 48.5 Å². The molecule has 0 saturated carbocycles. The van der Waals surface area contributed by atoms with Gasteiger partial charge in [0.2, 0.25) is 5.91 Å². The van der Waals surface area contributed by atoms with E-state index in [2.05, 4.69) is 69.9 Å². The zero-order valence-corrected chi connectivity index (χ0v) is 22.1. The van der Waals surface area contributed by atoms with E-state index < -0.39 is 6.04 Å². The smallest absolute Gasteiger partial charge is 0.243 e. The first-order chi connectivity index (χ1) is 18.7. The number of para-hydroxylation sites is 1. The van der Waals surface area contributed by atoms with E-state index >= 15 is 0 Å². The molecule has 0 aliphatic heterocycles. The maximum atomic E-state index is 13.8. The van der Waals surface area contributed by atoms with Crippen molar-refractivity contribution in [2.75, 3.05) is 13.1 Å². The predicted octanol–water partition coefficient (Wildman–Crippen LogP) is 6.24. The summed E-state index contributed by atoms with van der Waals surface area (Å²) in [4.78, 5) is 19.6. The van der Waals surface area contributed by atoms with E-state index in [1.165, 1.54) is 5.39 Å². The molecule has 6 heteroatoms. The number of carbonyl (C=O) groups is 1. The van der Waals surface area contributed by atoms with Gasteiger partial charge in [-0.05, 0) is 59.5 Å². The van der Waals surface area contributed by atoms with Crippen LogP contribution < -0.4 is 15.9 Å². The summed E-state index contributed by atoms with van der Waals surface area (Å²) in [7, 11) is 0. The van der Waals surface area contributed by atoms with Crippen molar-refractivity contribution in [3.05, 3.63) is 119 Å². The van der Waals surface area contributed by atoms with Crippen molar-refractivity contribution < 1.29 is 4.79 Å². The molecule has 1 atom stereocenters. The normalized spacial score (nSPS) is 12.5. The largest absolute Gasteiger partial charge is 0.354 e. The molecule has 192 valence electrons. The third-order valence-electron chi connectivity index (χ3n) is 6.58. The molecule has 3 N–H and O–H groups in total. The van der Waals surface area contributed by atoms with Crippen molar-refractivity contribution in [2.45, 2.75) is 25.3 Å². The van der Waals surface area contributed by atoms with Gasteiger partial charge in [0.15, 0.2) is 4.80 Å². The topological polar surface area (TPSA) is 72.4 Å². The standard InChI is InChI=1S/C32H32N4OS/c33-19-9-10-20-34-31(37)29(21-24-11-3-1-4-12-24)36-30(23-38-32(36)35-28-15-5-2-6-16-28)27-18-17-25-13-7-8-14-26(25)22-27/h1-8,11-18,22-23,29H,9-10,19-21,33H2,(H,34,37)/t29-/m1/s1. The Kier molecular flexibility index (Phi) is 8.43. The predicted molar refractivity (Wildman–Crippen MR) is 157 cm³/mol. The lowest BCUT2D eigenvalue weighted by Crippen LogP contribution is -2.38. The Balaban J connectivity index is 1.65. The Morgan fingerprint density at radius 3 is 2.34 bits per heavy atom. The van der Waals surface area contributed by atoms with Crippen LogP contribution in [0, 0.1) is 0 Å². The molecular weight excluding hydrogens is 488 g/mol. The Hall–Kier alpha value is -4.00. The van der Waals surface area contributed by atoms with Gasteiger partial charge in [0.05, 0.1) is 11.4 Å². The summed E-state index contributed by atoms with van der Waals surface area (Å²) in [6, 6.07) is 34.4. The van der Waals surface area contributed by atoms with E-state index in [0.29, 0.717) is 19.5 Å². The molecule has 0 unspecified atom stereocenters. The van der Waals surface area contributed by atoms with E-state index in [1.54, 1.807) is 11.3 Å². The number of nitrogens with zero attached hydrogens (tertiary/aromatic N) is 2. The van der Waals surface area contributed by atoms with E-state index in [9.17, 15) is 4.79 Å². The number of fused-ring (bicyclic) bond motifs is 1. The van der Waals surface area contributed by atoms with Gasteiger partial charge in [-0.15, -0.1) is 11.3 Å². The Morgan fingerprint density at radius 2 is 1.58 bits per heavy atom. The highest BCUT2D eigenvalue weighted by atomic mass is 32.1. The molecule has 1 amide bonds. The molecule has 38 heavy (non-hydrogen) atoms. The molecule has 0 spiro atoms. The minimum atomic E-state index is -0.467. The quantitative estimate of drug-likeness (QED) is 0.214. The van der Waals surface area contributed by atoms with Crippen LogP contribution in [0.4, 0.5) is 5.69 Å². The van der Waals surface area contributed by atoms with Gasteiger partial charge in [-0.3, -0.25) is 4.79 Å². The number of benzene rings is 4. The molecule has 4 aromatic carbocycles. The average molecular weight is 521 g/mol. The third-order valence-corrected chi connectivity index (χ3v) is 7.42. The summed E-state index contributed by atoms with van der Waals surface area (Å²) in [6.07, 6.45) is 2.29. The second-order valence-electron chi connectivity index (χ2n) is 9.28. The van der Waals surface area contributed by atoms with E-state index in [4.69, 9.17) is 10.7 Å². The van der Waals surface area contributed by atoms with Crippen LogP contribution in [0.1, 0.15) is 24.4 Å². The first kappa shape index (κ1) is 25.6. The number of thiazole rings is 1. The highest BCUT2D eigenvalue weighted by Gasteiger charge is 2.25. The minimum Gasteiger partial charge on any atom is -0.354 e. The number of nitrogens with two attached hydrogens (primary N) is 1. The van der Waals surface area contributed by atoms with Crippen LogP contribution in [0.2, 0.25) is 0 Å². The van der Waals surface area contributed by atoms with Crippen LogP contribution in [0.25, 0.3) is 22.0 Å². The lowest BCUT2D eigenvalue weighted by Gasteiger charge is -2.22. The first-order valence-electron chi connectivity index (χ1n) is 13.0. The molecule has 5 rings (SSSR count). The van der Waals surface area contributed by atoms with Gasteiger partial charge >= 0.3 is 0 Å². The number of aromatic nitrogens is 1. The lowest BCUT2D eigenvalue weighted by molar-refractivity contribution is -0.124. The zero-order valence-electron chi connectivity index (χ0n) is 21.3. The van der Waals surface area contributed by atoms with E-state index in [0.717, 1.165) is 45.5 Å². The van der Waals surface area contributed by atoms with Gasteiger partial charge in [0.25, 0.3) is 0 Å². The monoisotopic (exact) mass is 520 g/mol. The highest BCUT2D eigenvalue weighted by molar-refractivity contribution is 7.07. The Labute approximate surface area is 227 Å². The van der Waals surface area contributed by atoms with Crippen molar-refractivity contribution in [1.29, 1.82) is 0 Å². The molecule has 0 saturated heterocycles. The molecule has 1 heterocycles. The van der Waals surface area contributed by atoms with Crippen LogP contribution in [0.5, 0.6) is 0 Å². The second kappa shape index (κ2) is 12.5. The van der Waals surface area contributed by atoms with Crippen molar-refractivity contribution in [1.82, 2.24) is 9.88 Å². The zero-order chi connectivity index (χ0) is 26.2. The molecule has 0 aliphatic carbocycles. The molecule has 5 aromatic rings. The number of unbranched alkanes of at least 4 members (excludes halogenated alkanes) is 1. The Bertz CT molecular complexity index is 1560. The van der Waals surface area contributed by atoms with Crippen molar-refractivity contribution in [3.8, 4) is 11.3 Å². The average Bonchev–Trinajstić information content (AvgIpc) is 3.37. The van der Waals surface area contributed by atoms with Crippen molar-refractivity contribution in [2.24, 2.45) is 10.7 Å². The molecule has 0 fully saturated rings. The summed E-state index contributed by atoms with van der Waals surface area (Å²) in [6.45, 7) is 1.22. The SMILES string of the molecule is NCCCCNC(=O)[C@@H](Cc1ccccc1)n1c(-c2ccc3ccccc3c2)csc1=Nc1ccccc1. The van der Waals surface area contributed by atoms with Crippen LogP contribution in [0.3, 0.4) is 0 Å². The van der Waals surface area contributed by atoms with Gasteiger partial charge in [0, 0.05) is 18.3 Å². The molecule has 0 radical (unpaired) electrons. The van der Waals surface area contributed by atoms with Gasteiger partial charge in [-0.1, -0.05) is 84.9 Å². The van der Waals surface area contributed by atoms with Crippen LogP contribution in [0.15, 0.2) is 114 Å². The number of hydrogen-bond acceptors (Lipinski definition) is 4. The first-order valence-corrected chi connectivity index (χ1v) is 13.9. The van der Waals surface area contributed by atoms with Gasteiger partial charge in [0.1, 0.15) is 6.04 Å². The molecule has 0 bridgehead atoms. The molecule has 1 aromatic heterocycles. The number of amides is 1. The minimum absolute atomic E-state index is 0.0131. The van der Waals surface area contributed by atoms with Gasteiger partial charge in [-0.25, -0.2) is 4.99 Å². The maximum absolute atomic E-state index is 13.8. The fraction of sp³-hybridized carbons (Fsp3) is 0.188. The fourth-order valence-electron chi connectivity index (χ4n) is 4.61. The van der Waals surface area contributed by atoms with Crippen LogP contribution in [-0.4, -0.2) is 23.6 Å². The van der Waals surface area contributed by atoms with Crippen LogP contribution >= 0.6 is 11.3 Å². The number of nitrogens with one attached hydrogen (secondary N) is 1. The fourth-order valence-corrected chi connectivity index (χ4v) is 5.58. The maximum Gasteiger partial charge on any atom is 0.243 e. The van der Waals surface area contributed by atoms with E-state index in [-0.39, 0.29) is 5.91 Å². The lowest BCUT2D eigenvalue weighted by atomic mass is 10.0.